The standard InChI is InChI=1S/C23H24N4O3/c28-22(25-13-15-5-4-10-24-12-15)20-16-8-9-17(11-16)21(20)23-26-19(27-30-23)14-29-18-6-2-1-3-7-18/h1-7,10,12,16-17,20-21H,8-9,11,13-14H2,(H,25,28)/t16-,17+,20-,21-/m0/s1. The van der Waals surface area contributed by atoms with Gasteiger partial charge in [-0.05, 0) is 54.9 Å². The molecular formula is C23H24N4O3. The van der Waals surface area contributed by atoms with Crippen LogP contribution < -0.4 is 10.1 Å². The second-order valence-corrected chi connectivity index (χ2v) is 8.11. The fourth-order valence-corrected chi connectivity index (χ4v) is 4.96. The first-order chi connectivity index (χ1) is 14.8. The highest BCUT2D eigenvalue weighted by Crippen LogP contribution is 2.56. The Bertz CT molecular complexity index is 992. The Hall–Kier alpha value is -3.22. The van der Waals surface area contributed by atoms with Crippen molar-refractivity contribution in [1.82, 2.24) is 20.4 Å². The molecule has 2 aliphatic rings. The van der Waals surface area contributed by atoms with Crippen LogP contribution in [0.4, 0.5) is 0 Å². The lowest BCUT2D eigenvalue weighted by atomic mass is 9.78. The van der Waals surface area contributed by atoms with E-state index in [0.29, 0.717) is 30.1 Å². The molecule has 1 N–H and O–H groups in total. The van der Waals surface area contributed by atoms with E-state index in [2.05, 4.69) is 20.4 Å². The monoisotopic (exact) mass is 404 g/mol. The summed E-state index contributed by atoms with van der Waals surface area (Å²) in [6, 6.07) is 13.4. The van der Waals surface area contributed by atoms with Gasteiger partial charge in [0.25, 0.3) is 0 Å². The molecule has 0 unspecified atom stereocenters. The third-order valence-electron chi connectivity index (χ3n) is 6.29. The van der Waals surface area contributed by atoms with Crippen LogP contribution in [0, 0.1) is 17.8 Å². The first-order valence-corrected chi connectivity index (χ1v) is 10.4. The average Bonchev–Trinajstić information content (AvgIpc) is 3.53. The molecule has 7 nitrogen and oxygen atoms in total. The molecule has 1 aromatic carbocycles. The van der Waals surface area contributed by atoms with Crippen molar-refractivity contribution < 1.29 is 14.1 Å². The van der Waals surface area contributed by atoms with Gasteiger partial charge in [0.05, 0.1) is 11.8 Å². The highest BCUT2D eigenvalue weighted by atomic mass is 16.5. The third-order valence-corrected chi connectivity index (χ3v) is 6.29. The first kappa shape index (κ1) is 18.8. The van der Waals surface area contributed by atoms with E-state index in [4.69, 9.17) is 9.26 Å². The van der Waals surface area contributed by atoms with Gasteiger partial charge in [-0.15, -0.1) is 0 Å². The summed E-state index contributed by atoms with van der Waals surface area (Å²) in [6.45, 7) is 0.722. The van der Waals surface area contributed by atoms with Crippen LogP contribution in [0.3, 0.4) is 0 Å². The fourth-order valence-electron chi connectivity index (χ4n) is 4.96. The van der Waals surface area contributed by atoms with E-state index in [1.807, 2.05) is 42.5 Å². The van der Waals surface area contributed by atoms with Gasteiger partial charge in [0.15, 0.2) is 6.61 Å². The summed E-state index contributed by atoms with van der Waals surface area (Å²) in [5.41, 5.74) is 0.990. The number of para-hydroxylation sites is 1. The zero-order chi connectivity index (χ0) is 20.3. The number of hydrogen-bond acceptors (Lipinski definition) is 6. The summed E-state index contributed by atoms with van der Waals surface area (Å²) in [7, 11) is 0. The summed E-state index contributed by atoms with van der Waals surface area (Å²) in [5, 5.41) is 7.18. The SMILES string of the molecule is O=C(NCc1cccnc1)[C@H]1[C@H]2CC[C@H](C2)[C@@H]1c1nc(COc2ccccc2)no1. The van der Waals surface area contributed by atoms with E-state index >= 15 is 0 Å². The molecule has 30 heavy (non-hydrogen) atoms. The van der Waals surface area contributed by atoms with Gasteiger partial charge in [0.1, 0.15) is 5.75 Å². The molecule has 7 heteroatoms. The third kappa shape index (κ3) is 3.79. The smallest absolute Gasteiger partial charge is 0.230 e. The molecule has 154 valence electrons. The Kier molecular flexibility index (Phi) is 5.17. The van der Waals surface area contributed by atoms with Crippen molar-refractivity contribution in [1.29, 1.82) is 0 Å². The average molecular weight is 404 g/mol. The second-order valence-electron chi connectivity index (χ2n) is 8.11. The number of carbonyl (C=O) groups is 1. The molecule has 2 bridgehead atoms. The minimum atomic E-state index is -0.122. The normalized spacial score (nSPS) is 24.7. The van der Waals surface area contributed by atoms with E-state index in [-0.39, 0.29) is 24.3 Å². The number of amides is 1. The lowest BCUT2D eigenvalue weighted by molar-refractivity contribution is -0.127. The number of pyridine rings is 1. The molecule has 2 saturated carbocycles. The second kappa shape index (κ2) is 8.26. The number of nitrogens with one attached hydrogen (secondary N) is 1. The quantitative estimate of drug-likeness (QED) is 0.648. The van der Waals surface area contributed by atoms with Crippen LogP contribution in [-0.4, -0.2) is 21.0 Å². The molecule has 2 heterocycles. The minimum absolute atomic E-state index is 0.0179. The van der Waals surface area contributed by atoms with Gasteiger partial charge in [-0.2, -0.15) is 4.98 Å². The molecule has 5 rings (SSSR count). The van der Waals surface area contributed by atoms with E-state index in [9.17, 15) is 4.79 Å². The Balaban J connectivity index is 1.27. The largest absolute Gasteiger partial charge is 0.485 e. The zero-order valence-corrected chi connectivity index (χ0v) is 16.6. The van der Waals surface area contributed by atoms with E-state index in [1.54, 1.807) is 12.4 Å². The van der Waals surface area contributed by atoms with Crippen LogP contribution in [0.25, 0.3) is 0 Å². The van der Waals surface area contributed by atoms with Gasteiger partial charge in [-0.25, -0.2) is 0 Å². The van der Waals surface area contributed by atoms with Crippen LogP contribution in [0.15, 0.2) is 59.4 Å². The highest BCUT2D eigenvalue weighted by molar-refractivity contribution is 5.80. The molecule has 0 spiro atoms. The van der Waals surface area contributed by atoms with Gasteiger partial charge in [0, 0.05) is 18.9 Å². The van der Waals surface area contributed by atoms with Crippen molar-refractivity contribution in [3.63, 3.8) is 0 Å². The number of ether oxygens (including phenoxy) is 1. The van der Waals surface area contributed by atoms with Crippen LogP contribution in [-0.2, 0) is 17.9 Å². The number of aromatic nitrogens is 3. The fraction of sp³-hybridized carbons (Fsp3) is 0.391. The number of benzene rings is 1. The van der Waals surface area contributed by atoms with Crippen LogP contribution in [0.1, 0.15) is 42.5 Å². The molecule has 0 radical (unpaired) electrons. The molecule has 3 aromatic rings. The maximum Gasteiger partial charge on any atom is 0.230 e. The van der Waals surface area contributed by atoms with Crippen molar-refractivity contribution in [3.05, 3.63) is 72.1 Å². The van der Waals surface area contributed by atoms with Gasteiger partial charge in [-0.3, -0.25) is 9.78 Å². The summed E-state index contributed by atoms with van der Waals surface area (Å²) >= 11 is 0. The lowest BCUT2D eigenvalue weighted by Crippen LogP contribution is -2.37. The van der Waals surface area contributed by atoms with Gasteiger partial charge < -0.3 is 14.6 Å². The van der Waals surface area contributed by atoms with Gasteiger partial charge in [0.2, 0.25) is 17.6 Å². The van der Waals surface area contributed by atoms with Crippen molar-refractivity contribution in [2.75, 3.05) is 0 Å². The predicted molar refractivity (Wildman–Crippen MR) is 108 cm³/mol. The topological polar surface area (TPSA) is 90.1 Å². The van der Waals surface area contributed by atoms with Crippen molar-refractivity contribution in [2.45, 2.75) is 38.3 Å². The Morgan fingerprint density at radius 2 is 2.00 bits per heavy atom. The maximum absolute atomic E-state index is 13.1. The van der Waals surface area contributed by atoms with Crippen LogP contribution in [0.5, 0.6) is 5.75 Å². The summed E-state index contributed by atoms with van der Waals surface area (Å²) in [4.78, 5) is 21.8. The van der Waals surface area contributed by atoms with Crippen LogP contribution >= 0.6 is 0 Å². The van der Waals surface area contributed by atoms with E-state index in [0.717, 1.165) is 30.6 Å². The van der Waals surface area contributed by atoms with Gasteiger partial charge >= 0.3 is 0 Å². The Morgan fingerprint density at radius 3 is 2.83 bits per heavy atom. The van der Waals surface area contributed by atoms with E-state index in [1.165, 1.54) is 0 Å². The summed E-state index contributed by atoms with van der Waals surface area (Å²) in [6.07, 6.45) is 6.75. The first-order valence-electron chi connectivity index (χ1n) is 10.4. The van der Waals surface area contributed by atoms with Crippen LogP contribution in [0.2, 0.25) is 0 Å². The molecule has 0 saturated heterocycles. The Labute approximate surface area is 174 Å². The number of nitrogens with zero attached hydrogens (tertiary/aromatic N) is 3. The lowest BCUT2D eigenvalue weighted by Gasteiger charge is -2.27. The molecule has 1 amide bonds. The summed E-state index contributed by atoms with van der Waals surface area (Å²) in [5.74, 6) is 2.56. The zero-order valence-electron chi connectivity index (χ0n) is 16.6. The molecule has 2 aromatic heterocycles. The molecule has 0 aliphatic heterocycles. The molecule has 2 aliphatic carbocycles. The van der Waals surface area contributed by atoms with Crippen molar-refractivity contribution in [3.8, 4) is 5.75 Å². The molecule has 4 atom stereocenters. The predicted octanol–water partition coefficient (Wildman–Crippen LogP) is 3.49. The maximum atomic E-state index is 13.1. The number of rotatable bonds is 7. The molecule has 2 fully saturated rings. The highest BCUT2D eigenvalue weighted by Gasteiger charge is 2.53. The molecular weight excluding hydrogens is 380 g/mol. The van der Waals surface area contributed by atoms with Crippen molar-refractivity contribution >= 4 is 5.91 Å². The number of hydrogen-bond donors (Lipinski definition) is 1. The number of fused-ring (bicyclic) bond motifs is 2. The summed E-state index contributed by atoms with van der Waals surface area (Å²) < 4.78 is 11.3. The number of carbonyl (C=O) groups excluding carboxylic acids is 1. The van der Waals surface area contributed by atoms with E-state index < -0.39 is 0 Å². The minimum Gasteiger partial charge on any atom is -0.485 e. The Morgan fingerprint density at radius 1 is 1.13 bits per heavy atom. The van der Waals surface area contributed by atoms with Crippen molar-refractivity contribution in [2.24, 2.45) is 17.8 Å². The van der Waals surface area contributed by atoms with Gasteiger partial charge in [-0.1, -0.05) is 29.4 Å².